The van der Waals surface area contributed by atoms with Crippen LogP contribution in [0.1, 0.15) is 46.0 Å². The lowest BCUT2D eigenvalue weighted by molar-refractivity contribution is -0.0481. The van der Waals surface area contributed by atoms with Crippen LogP contribution < -0.4 is 5.32 Å². The van der Waals surface area contributed by atoms with Gasteiger partial charge in [-0.1, -0.05) is 13.8 Å². The number of likely N-dealkylation sites (N-methyl/N-ethyl adjacent to an activating group) is 1. The molecule has 0 aromatic rings. The lowest BCUT2D eigenvalue weighted by Gasteiger charge is -2.37. The average Bonchev–Trinajstić information content (AvgIpc) is 3.01. The molecule has 4 nitrogen and oxygen atoms in total. The van der Waals surface area contributed by atoms with E-state index in [0.717, 1.165) is 39.4 Å². The van der Waals surface area contributed by atoms with Gasteiger partial charge in [0, 0.05) is 25.7 Å². The van der Waals surface area contributed by atoms with Crippen molar-refractivity contribution in [3.8, 4) is 0 Å². The van der Waals surface area contributed by atoms with E-state index < -0.39 is 0 Å². The van der Waals surface area contributed by atoms with Crippen molar-refractivity contribution in [2.75, 3.05) is 39.4 Å². The van der Waals surface area contributed by atoms with Gasteiger partial charge in [0.2, 0.25) is 0 Å². The third-order valence-electron chi connectivity index (χ3n) is 4.55. The van der Waals surface area contributed by atoms with Crippen LogP contribution >= 0.6 is 0 Å². The van der Waals surface area contributed by atoms with Crippen LogP contribution in [-0.2, 0) is 9.47 Å². The lowest BCUT2D eigenvalue weighted by Crippen LogP contribution is -2.52. The van der Waals surface area contributed by atoms with Crippen molar-refractivity contribution in [3.63, 3.8) is 0 Å². The van der Waals surface area contributed by atoms with Gasteiger partial charge in [0.15, 0.2) is 0 Å². The molecule has 0 saturated carbocycles. The van der Waals surface area contributed by atoms with E-state index in [9.17, 15) is 0 Å². The molecule has 0 aliphatic carbocycles. The lowest BCUT2D eigenvalue weighted by atomic mass is 10.00. The molecule has 3 unspecified atom stereocenters. The molecule has 0 aromatic heterocycles. The molecule has 0 bridgehead atoms. The normalized spacial score (nSPS) is 29.7. The molecule has 0 spiro atoms. The molecule has 2 aliphatic heterocycles. The van der Waals surface area contributed by atoms with E-state index in [0.29, 0.717) is 18.2 Å². The van der Waals surface area contributed by atoms with Gasteiger partial charge in [-0.05, 0) is 45.2 Å². The molecule has 2 saturated heterocycles. The molecule has 0 radical (unpaired) electrons. The summed E-state index contributed by atoms with van der Waals surface area (Å²) in [6.07, 6.45) is 6.85. The van der Waals surface area contributed by atoms with Crippen LogP contribution in [-0.4, -0.2) is 62.5 Å². The van der Waals surface area contributed by atoms with Crippen molar-refractivity contribution < 1.29 is 9.47 Å². The van der Waals surface area contributed by atoms with E-state index in [4.69, 9.17) is 9.47 Å². The summed E-state index contributed by atoms with van der Waals surface area (Å²) in [4.78, 5) is 2.50. The molecule has 2 aliphatic rings. The zero-order chi connectivity index (χ0) is 14.2. The summed E-state index contributed by atoms with van der Waals surface area (Å²) in [7, 11) is 0. The summed E-state index contributed by atoms with van der Waals surface area (Å²) in [5.41, 5.74) is 0. The van der Waals surface area contributed by atoms with Crippen molar-refractivity contribution in [2.45, 2.75) is 64.2 Å². The fourth-order valence-electron chi connectivity index (χ4n) is 3.25. The second-order valence-electron chi connectivity index (χ2n) is 6.08. The number of hydrogen-bond acceptors (Lipinski definition) is 4. The minimum absolute atomic E-state index is 0.344. The molecule has 0 aromatic carbocycles. The Morgan fingerprint density at radius 3 is 2.85 bits per heavy atom. The zero-order valence-electron chi connectivity index (χ0n) is 13.3. The standard InChI is InChI=1S/C16H32N2O2/c1-3-9-17-15(8-7-14-6-5-11-19-14)16-13-18(4-2)10-12-20-16/h14-17H,3-13H2,1-2H3. The van der Waals surface area contributed by atoms with E-state index in [2.05, 4.69) is 24.1 Å². The summed E-state index contributed by atoms with van der Waals surface area (Å²) < 4.78 is 11.8. The van der Waals surface area contributed by atoms with E-state index >= 15 is 0 Å². The van der Waals surface area contributed by atoms with Crippen molar-refractivity contribution in [1.29, 1.82) is 0 Å². The van der Waals surface area contributed by atoms with E-state index in [1.807, 2.05) is 0 Å². The fourth-order valence-corrected chi connectivity index (χ4v) is 3.25. The molecule has 1 N–H and O–H groups in total. The Kier molecular flexibility index (Phi) is 7.28. The topological polar surface area (TPSA) is 33.7 Å². The van der Waals surface area contributed by atoms with Gasteiger partial charge < -0.3 is 14.8 Å². The Morgan fingerprint density at radius 2 is 2.15 bits per heavy atom. The second-order valence-corrected chi connectivity index (χ2v) is 6.08. The SMILES string of the molecule is CCCNC(CCC1CCCO1)C1CN(CC)CCO1. The summed E-state index contributed by atoms with van der Waals surface area (Å²) in [5.74, 6) is 0. The third kappa shape index (κ3) is 4.99. The molecule has 4 heteroatoms. The summed E-state index contributed by atoms with van der Waals surface area (Å²) in [5, 5.41) is 3.70. The first-order valence-corrected chi connectivity index (χ1v) is 8.52. The van der Waals surface area contributed by atoms with Gasteiger partial charge in [-0.15, -0.1) is 0 Å². The number of nitrogens with one attached hydrogen (secondary N) is 1. The first-order chi connectivity index (χ1) is 9.83. The minimum Gasteiger partial charge on any atom is -0.378 e. The zero-order valence-corrected chi connectivity index (χ0v) is 13.3. The maximum atomic E-state index is 6.04. The Hall–Kier alpha value is -0.160. The van der Waals surface area contributed by atoms with Gasteiger partial charge in [0.05, 0.1) is 18.8 Å². The largest absolute Gasteiger partial charge is 0.378 e. The highest BCUT2D eigenvalue weighted by molar-refractivity contribution is 4.84. The van der Waals surface area contributed by atoms with Crippen LogP contribution in [0.5, 0.6) is 0 Å². The van der Waals surface area contributed by atoms with Gasteiger partial charge in [0.1, 0.15) is 0 Å². The predicted molar refractivity (Wildman–Crippen MR) is 82.1 cm³/mol. The van der Waals surface area contributed by atoms with Gasteiger partial charge in [-0.25, -0.2) is 0 Å². The van der Waals surface area contributed by atoms with Crippen molar-refractivity contribution in [1.82, 2.24) is 10.2 Å². The molecule has 0 amide bonds. The first-order valence-electron chi connectivity index (χ1n) is 8.52. The van der Waals surface area contributed by atoms with Crippen LogP contribution in [0.15, 0.2) is 0 Å². The van der Waals surface area contributed by atoms with E-state index in [1.165, 1.54) is 32.1 Å². The van der Waals surface area contributed by atoms with Crippen LogP contribution in [0.3, 0.4) is 0 Å². The van der Waals surface area contributed by atoms with Crippen molar-refractivity contribution in [2.24, 2.45) is 0 Å². The summed E-state index contributed by atoms with van der Waals surface area (Å²) in [6, 6.07) is 0.480. The quantitative estimate of drug-likeness (QED) is 0.739. The van der Waals surface area contributed by atoms with Crippen molar-refractivity contribution >= 4 is 0 Å². The van der Waals surface area contributed by atoms with Gasteiger partial charge in [-0.2, -0.15) is 0 Å². The summed E-state index contributed by atoms with van der Waals surface area (Å²) in [6.45, 7) is 10.7. The monoisotopic (exact) mass is 284 g/mol. The highest BCUT2D eigenvalue weighted by atomic mass is 16.5. The molecule has 20 heavy (non-hydrogen) atoms. The molecule has 2 heterocycles. The first kappa shape index (κ1) is 16.2. The van der Waals surface area contributed by atoms with Gasteiger partial charge >= 0.3 is 0 Å². The van der Waals surface area contributed by atoms with Gasteiger partial charge in [0.25, 0.3) is 0 Å². The molecule has 3 atom stereocenters. The molecular weight excluding hydrogens is 252 g/mol. The molecule has 2 rings (SSSR count). The van der Waals surface area contributed by atoms with Crippen LogP contribution in [0.4, 0.5) is 0 Å². The maximum Gasteiger partial charge on any atom is 0.0855 e. The number of morpholine rings is 1. The third-order valence-corrected chi connectivity index (χ3v) is 4.55. The number of nitrogens with zero attached hydrogens (tertiary/aromatic N) is 1. The number of ether oxygens (including phenoxy) is 2. The van der Waals surface area contributed by atoms with E-state index in [1.54, 1.807) is 0 Å². The molecule has 118 valence electrons. The summed E-state index contributed by atoms with van der Waals surface area (Å²) >= 11 is 0. The molecule has 2 fully saturated rings. The highest BCUT2D eigenvalue weighted by Gasteiger charge is 2.28. The Morgan fingerprint density at radius 1 is 1.25 bits per heavy atom. The van der Waals surface area contributed by atoms with Gasteiger partial charge in [-0.3, -0.25) is 4.90 Å². The van der Waals surface area contributed by atoms with Crippen LogP contribution in [0.2, 0.25) is 0 Å². The average molecular weight is 284 g/mol. The van der Waals surface area contributed by atoms with Crippen LogP contribution in [0.25, 0.3) is 0 Å². The van der Waals surface area contributed by atoms with Crippen molar-refractivity contribution in [3.05, 3.63) is 0 Å². The highest BCUT2D eigenvalue weighted by Crippen LogP contribution is 2.20. The number of hydrogen-bond donors (Lipinski definition) is 1. The fraction of sp³-hybridized carbons (Fsp3) is 1.00. The Balaban J connectivity index is 1.81. The predicted octanol–water partition coefficient (Wildman–Crippen LogP) is 2.03. The maximum absolute atomic E-state index is 6.04. The Labute approximate surface area is 124 Å². The second kappa shape index (κ2) is 8.98. The minimum atomic E-state index is 0.344. The molecular formula is C16H32N2O2. The Bertz CT molecular complexity index is 257. The van der Waals surface area contributed by atoms with E-state index in [-0.39, 0.29) is 0 Å². The van der Waals surface area contributed by atoms with Crippen LogP contribution in [0, 0.1) is 0 Å². The smallest absolute Gasteiger partial charge is 0.0855 e. The number of rotatable bonds is 8.